The summed E-state index contributed by atoms with van der Waals surface area (Å²) in [5.74, 6) is -1.81. The number of nitrogens with one attached hydrogen (secondary N) is 1. The van der Waals surface area contributed by atoms with Gasteiger partial charge in [0.15, 0.2) is 0 Å². The average Bonchev–Trinajstić information content (AvgIpc) is 3.04. The lowest BCUT2D eigenvalue weighted by atomic mass is 10.0. The van der Waals surface area contributed by atoms with Crippen LogP contribution in [-0.2, 0) is 32.6 Å². The van der Waals surface area contributed by atoms with Gasteiger partial charge < -0.3 is 10.2 Å². The van der Waals surface area contributed by atoms with Crippen LogP contribution in [0, 0.1) is 5.82 Å². The summed E-state index contributed by atoms with van der Waals surface area (Å²) in [5, 5.41) is 3.06. The minimum atomic E-state index is -4.34. The van der Waals surface area contributed by atoms with Crippen LogP contribution in [0.3, 0.4) is 0 Å². The van der Waals surface area contributed by atoms with E-state index in [1.807, 2.05) is 44.2 Å². The van der Waals surface area contributed by atoms with Crippen LogP contribution in [0.4, 0.5) is 10.1 Å². The van der Waals surface area contributed by atoms with Gasteiger partial charge in [0.1, 0.15) is 18.4 Å². The predicted molar refractivity (Wildman–Crippen MR) is 176 cm³/mol. The second-order valence-corrected chi connectivity index (χ2v) is 13.2. The fourth-order valence-electron chi connectivity index (χ4n) is 4.69. The van der Waals surface area contributed by atoms with E-state index in [2.05, 4.69) is 5.32 Å². The van der Waals surface area contributed by atoms with Gasteiger partial charge >= 0.3 is 0 Å². The first-order valence-corrected chi connectivity index (χ1v) is 16.6. The van der Waals surface area contributed by atoms with Gasteiger partial charge in [0, 0.05) is 24.0 Å². The highest BCUT2D eigenvalue weighted by atomic mass is 35.5. The fourth-order valence-corrected chi connectivity index (χ4v) is 6.49. The molecule has 0 radical (unpaired) electrons. The standard InChI is InChI=1S/C34H34Cl2FN3O4S/c1-3-24(2)38-34(42)32(20-25-12-6-4-7-13-25)39(22-26-14-10-11-17-29(26)35)33(41)23-40(27-18-19-31(37)30(36)21-27)45(43,44)28-15-8-5-9-16-28/h4-19,21,24,32H,3,20,22-23H2,1-2H3,(H,38,42). The third-order valence-electron chi connectivity index (χ3n) is 7.37. The summed E-state index contributed by atoms with van der Waals surface area (Å²) in [5.41, 5.74) is 1.36. The highest BCUT2D eigenvalue weighted by Gasteiger charge is 2.35. The van der Waals surface area contributed by atoms with Gasteiger partial charge in [-0.1, -0.05) is 96.9 Å². The molecule has 0 spiro atoms. The number of halogens is 3. The second kappa shape index (κ2) is 15.4. The summed E-state index contributed by atoms with van der Waals surface area (Å²) >= 11 is 12.6. The van der Waals surface area contributed by atoms with Crippen LogP contribution in [0.25, 0.3) is 0 Å². The Morgan fingerprint density at radius 2 is 1.49 bits per heavy atom. The molecule has 0 aliphatic rings. The van der Waals surface area contributed by atoms with Crippen LogP contribution < -0.4 is 9.62 Å². The molecule has 2 unspecified atom stereocenters. The smallest absolute Gasteiger partial charge is 0.264 e. The molecule has 0 fully saturated rings. The first-order valence-electron chi connectivity index (χ1n) is 14.4. The van der Waals surface area contributed by atoms with E-state index >= 15 is 0 Å². The Balaban J connectivity index is 1.83. The zero-order chi connectivity index (χ0) is 32.6. The topological polar surface area (TPSA) is 86.8 Å². The van der Waals surface area contributed by atoms with Gasteiger partial charge in [0.2, 0.25) is 11.8 Å². The van der Waals surface area contributed by atoms with Gasteiger partial charge in [-0.25, -0.2) is 12.8 Å². The molecule has 0 aliphatic carbocycles. The number of rotatable bonds is 13. The molecule has 2 atom stereocenters. The molecule has 0 aromatic heterocycles. The normalized spacial score (nSPS) is 12.6. The van der Waals surface area contributed by atoms with Crippen molar-refractivity contribution >= 4 is 50.7 Å². The summed E-state index contributed by atoms with van der Waals surface area (Å²) in [6, 6.07) is 26.0. The van der Waals surface area contributed by atoms with Crippen molar-refractivity contribution in [3.8, 4) is 0 Å². The Morgan fingerprint density at radius 3 is 2.11 bits per heavy atom. The summed E-state index contributed by atoms with van der Waals surface area (Å²) < 4.78 is 43.0. The summed E-state index contributed by atoms with van der Waals surface area (Å²) in [7, 11) is -4.34. The van der Waals surface area contributed by atoms with Crippen molar-refractivity contribution in [3.63, 3.8) is 0 Å². The first-order chi connectivity index (χ1) is 21.5. The number of amides is 2. The number of anilines is 1. The molecule has 0 bridgehead atoms. The van der Waals surface area contributed by atoms with Crippen molar-refractivity contribution in [1.29, 1.82) is 0 Å². The minimum Gasteiger partial charge on any atom is -0.352 e. The molecule has 0 saturated heterocycles. The third-order valence-corrected chi connectivity index (χ3v) is 9.82. The number of carbonyl (C=O) groups is 2. The van der Waals surface area contributed by atoms with Gasteiger partial charge in [-0.05, 0) is 60.9 Å². The van der Waals surface area contributed by atoms with E-state index in [1.165, 1.54) is 23.1 Å². The molecule has 4 rings (SSSR count). The Kier molecular flexibility index (Phi) is 11.6. The predicted octanol–water partition coefficient (Wildman–Crippen LogP) is 6.88. The van der Waals surface area contributed by atoms with E-state index in [0.29, 0.717) is 17.0 Å². The lowest BCUT2D eigenvalue weighted by Crippen LogP contribution is -2.54. The summed E-state index contributed by atoms with van der Waals surface area (Å²) in [6.07, 6.45) is 0.823. The molecule has 0 saturated carbocycles. The van der Waals surface area contributed by atoms with Gasteiger partial charge in [0.25, 0.3) is 10.0 Å². The quantitative estimate of drug-likeness (QED) is 0.168. The summed E-state index contributed by atoms with van der Waals surface area (Å²) in [4.78, 5) is 29.6. The zero-order valence-electron chi connectivity index (χ0n) is 24.9. The SMILES string of the molecule is CCC(C)NC(=O)C(Cc1ccccc1)N(Cc1ccccc1Cl)C(=O)CN(c1ccc(F)c(Cl)c1)S(=O)(=O)c1ccccc1. The maximum atomic E-state index is 14.5. The van der Waals surface area contributed by atoms with E-state index in [1.54, 1.807) is 42.5 Å². The van der Waals surface area contributed by atoms with Crippen LogP contribution in [0.1, 0.15) is 31.4 Å². The Hall–Kier alpha value is -3.92. The van der Waals surface area contributed by atoms with Gasteiger partial charge in [-0.3, -0.25) is 13.9 Å². The van der Waals surface area contributed by atoms with E-state index in [4.69, 9.17) is 23.2 Å². The van der Waals surface area contributed by atoms with E-state index in [0.717, 1.165) is 22.0 Å². The van der Waals surface area contributed by atoms with Gasteiger partial charge in [0.05, 0.1) is 15.6 Å². The second-order valence-electron chi connectivity index (χ2n) is 10.6. The van der Waals surface area contributed by atoms with Crippen molar-refractivity contribution < 1.29 is 22.4 Å². The van der Waals surface area contributed by atoms with Crippen LogP contribution in [0.15, 0.2) is 108 Å². The summed E-state index contributed by atoms with van der Waals surface area (Å²) in [6.45, 7) is 3.02. The molecule has 1 N–H and O–H groups in total. The maximum Gasteiger partial charge on any atom is 0.264 e. The van der Waals surface area contributed by atoms with Crippen LogP contribution >= 0.6 is 23.2 Å². The molecule has 2 amide bonds. The molecular weight excluding hydrogens is 636 g/mol. The van der Waals surface area contributed by atoms with Crippen LogP contribution in [-0.4, -0.2) is 43.8 Å². The molecule has 7 nitrogen and oxygen atoms in total. The largest absolute Gasteiger partial charge is 0.352 e. The zero-order valence-corrected chi connectivity index (χ0v) is 27.2. The van der Waals surface area contributed by atoms with E-state index in [-0.39, 0.29) is 34.6 Å². The van der Waals surface area contributed by atoms with Crippen molar-refractivity contribution in [3.05, 3.63) is 130 Å². The molecular formula is C34H34Cl2FN3O4S. The average molecular weight is 671 g/mol. The van der Waals surface area contributed by atoms with E-state index < -0.39 is 40.2 Å². The minimum absolute atomic E-state index is 0.0139. The van der Waals surface area contributed by atoms with Crippen LogP contribution in [0.5, 0.6) is 0 Å². The lowest BCUT2D eigenvalue weighted by Gasteiger charge is -2.34. The molecule has 4 aromatic carbocycles. The van der Waals surface area contributed by atoms with Crippen LogP contribution in [0.2, 0.25) is 10.0 Å². The fraction of sp³-hybridized carbons (Fsp3) is 0.235. The monoisotopic (exact) mass is 669 g/mol. The van der Waals surface area contributed by atoms with Crippen molar-refractivity contribution in [2.24, 2.45) is 0 Å². The Labute approximate surface area is 273 Å². The number of hydrogen-bond acceptors (Lipinski definition) is 4. The number of sulfonamides is 1. The number of carbonyl (C=O) groups excluding carboxylic acids is 2. The van der Waals surface area contributed by atoms with Crippen molar-refractivity contribution in [2.75, 3.05) is 10.8 Å². The number of hydrogen-bond donors (Lipinski definition) is 1. The van der Waals surface area contributed by atoms with Crippen molar-refractivity contribution in [2.45, 2.75) is 50.2 Å². The highest BCUT2D eigenvalue weighted by molar-refractivity contribution is 7.92. The highest BCUT2D eigenvalue weighted by Crippen LogP contribution is 2.29. The van der Waals surface area contributed by atoms with Crippen molar-refractivity contribution in [1.82, 2.24) is 10.2 Å². The maximum absolute atomic E-state index is 14.5. The van der Waals surface area contributed by atoms with E-state index in [9.17, 15) is 22.4 Å². The Bertz CT molecular complexity index is 1730. The molecule has 0 heterocycles. The molecule has 0 aliphatic heterocycles. The van der Waals surface area contributed by atoms with Gasteiger partial charge in [-0.15, -0.1) is 0 Å². The number of benzene rings is 4. The first kappa shape index (κ1) is 34.0. The van der Waals surface area contributed by atoms with Gasteiger partial charge in [-0.2, -0.15) is 0 Å². The Morgan fingerprint density at radius 1 is 0.867 bits per heavy atom. The number of nitrogens with zero attached hydrogens (tertiary/aromatic N) is 2. The molecule has 11 heteroatoms. The molecule has 45 heavy (non-hydrogen) atoms. The molecule has 4 aromatic rings. The molecule has 236 valence electrons. The lowest BCUT2D eigenvalue weighted by molar-refractivity contribution is -0.140. The third kappa shape index (κ3) is 8.63.